The van der Waals surface area contributed by atoms with Gasteiger partial charge in [0.2, 0.25) is 5.78 Å². The average Bonchev–Trinajstić information content (AvgIpc) is 2.57. The number of rotatable bonds is 7. The standard InChI is InChI=1S/C20H21NO5S/c1-13-5-8-17(9-6-13)27(25,26)12-16(22)11-19(23)20(24)21-18-10-14(2)4-7-15(18)3/h4-10H,11-12H2,1-3H3,(H,21,24). The highest BCUT2D eigenvalue weighted by Gasteiger charge is 2.24. The van der Waals surface area contributed by atoms with Gasteiger partial charge in [0.15, 0.2) is 15.6 Å². The molecule has 0 saturated carbocycles. The molecule has 0 heterocycles. The Morgan fingerprint density at radius 1 is 0.889 bits per heavy atom. The molecule has 0 bridgehead atoms. The fourth-order valence-electron chi connectivity index (χ4n) is 2.41. The summed E-state index contributed by atoms with van der Waals surface area (Å²) in [6.45, 7) is 5.43. The number of sulfone groups is 1. The molecule has 0 aliphatic carbocycles. The second kappa shape index (κ2) is 8.26. The van der Waals surface area contributed by atoms with E-state index in [1.807, 2.05) is 19.9 Å². The van der Waals surface area contributed by atoms with Crippen LogP contribution in [0.25, 0.3) is 0 Å². The second-order valence-electron chi connectivity index (χ2n) is 6.48. The molecule has 2 aromatic rings. The monoisotopic (exact) mass is 387 g/mol. The van der Waals surface area contributed by atoms with E-state index in [0.29, 0.717) is 5.69 Å². The van der Waals surface area contributed by atoms with E-state index in [2.05, 4.69) is 5.32 Å². The van der Waals surface area contributed by atoms with Crippen LogP contribution >= 0.6 is 0 Å². The molecule has 7 heteroatoms. The Balaban J connectivity index is 2.00. The summed E-state index contributed by atoms with van der Waals surface area (Å²) in [4.78, 5) is 36.0. The third-order valence-electron chi connectivity index (χ3n) is 3.98. The van der Waals surface area contributed by atoms with Crippen molar-refractivity contribution in [3.8, 4) is 0 Å². The molecule has 0 aromatic heterocycles. The Kier molecular flexibility index (Phi) is 6.28. The topological polar surface area (TPSA) is 97.4 Å². The van der Waals surface area contributed by atoms with Gasteiger partial charge in [-0.05, 0) is 50.1 Å². The van der Waals surface area contributed by atoms with Crippen molar-refractivity contribution in [2.75, 3.05) is 11.1 Å². The predicted octanol–water partition coefficient (Wildman–Crippen LogP) is 2.55. The van der Waals surface area contributed by atoms with Crippen molar-refractivity contribution in [1.82, 2.24) is 0 Å². The highest BCUT2D eigenvalue weighted by molar-refractivity contribution is 7.92. The first-order chi connectivity index (χ1) is 12.6. The van der Waals surface area contributed by atoms with Crippen molar-refractivity contribution in [3.05, 3.63) is 59.2 Å². The molecule has 6 nitrogen and oxygen atoms in total. The zero-order chi connectivity index (χ0) is 20.2. The Morgan fingerprint density at radius 3 is 2.11 bits per heavy atom. The van der Waals surface area contributed by atoms with Crippen LogP contribution in [0.5, 0.6) is 0 Å². The van der Waals surface area contributed by atoms with E-state index < -0.39 is 39.5 Å². The summed E-state index contributed by atoms with van der Waals surface area (Å²) in [7, 11) is -3.85. The first-order valence-corrected chi connectivity index (χ1v) is 9.96. The zero-order valence-corrected chi connectivity index (χ0v) is 16.2. The van der Waals surface area contributed by atoms with Gasteiger partial charge in [0.25, 0.3) is 5.91 Å². The van der Waals surface area contributed by atoms with Crippen LogP contribution in [0.15, 0.2) is 47.4 Å². The third-order valence-corrected chi connectivity index (χ3v) is 5.68. The van der Waals surface area contributed by atoms with Crippen molar-refractivity contribution in [2.45, 2.75) is 32.1 Å². The van der Waals surface area contributed by atoms with Gasteiger partial charge in [-0.3, -0.25) is 14.4 Å². The molecular weight excluding hydrogens is 366 g/mol. The molecule has 2 aromatic carbocycles. The van der Waals surface area contributed by atoms with Crippen LogP contribution in [-0.4, -0.2) is 31.6 Å². The van der Waals surface area contributed by atoms with Crippen LogP contribution in [0.2, 0.25) is 0 Å². The van der Waals surface area contributed by atoms with E-state index in [1.165, 1.54) is 12.1 Å². The number of hydrogen-bond acceptors (Lipinski definition) is 5. The average molecular weight is 387 g/mol. The molecule has 142 valence electrons. The second-order valence-corrected chi connectivity index (χ2v) is 8.47. The molecule has 1 N–H and O–H groups in total. The lowest BCUT2D eigenvalue weighted by molar-refractivity contribution is -0.136. The normalized spacial score (nSPS) is 11.1. The number of carbonyl (C=O) groups excluding carboxylic acids is 3. The van der Waals surface area contributed by atoms with Gasteiger partial charge in [0, 0.05) is 5.69 Å². The number of anilines is 1. The van der Waals surface area contributed by atoms with Crippen LogP contribution in [0.3, 0.4) is 0 Å². The number of nitrogens with one attached hydrogen (secondary N) is 1. The van der Waals surface area contributed by atoms with Crippen LogP contribution in [0.4, 0.5) is 5.69 Å². The number of benzene rings is 2. The highest BCUT2D eigenvalue weighted by atomic mass is 32.2. The number of carbonyl (C=O) groups is 3. The van der Waals surface area contributed by atoms with E-state index in [1.54, 1.807) is 31.2 Å². The predicted molar refractivity (Wildman–Crippen MR) is 102 cm³/mol. The fourth-order valence-corrected chi connectivity index (χ4v) is 3.66. The highest BCUT2D eigenvalue weighted by Crippen LogP contribution is 2.17. The van der Waals surface area contributed by atoms with E-state index >= 15 is 0 Å². The molecule has 0 aliphatic rings. The Hall–Kier alpha value is -2.80. The summed E-state index contributed by atoms with van der Waals surface area (Å²) in [6.07, 6.45) is -0.762. The van der Waals surface area contributed by atoms with Gasteiger partial charge in [0.05, 0.1) is 11.3 Å². The Bertz CT molecular complexity index is 992. The molecule has 0 aliphatic heterocycles. The maximum absolute atomic E-state index is 12.2. The largest absolute Gasteiger partial charge is 0.319 e. The van der Waals surface area contributed by atoms with E-state index in [-0.39, 0.29) is 4.90 Å². The smallest absolute Gasteiger partial charge is 0.292 e. The molecule has 0 spiro atoms. The van der Waals surface area contributed by atoms with Crippen molar-refractivity contribution in [2.24, 2.45) is 0 Å². The molecule has 2 rings (SSSR count). The molecule has 0 radical (unpaired) electrons. The van der Waals surface area contributed by atoms with Gasteiger partial charge in [-0.15, -0.1) is 0 Å². The molecule has 1 amide bonds. The maximum Gasteiger partial charge on any atom is 0.292 e. The maximum atomic E-state index is 12.2. The number of hydrogen-bond donors (Lipinski definition) is 1. The molecular formula is C20H21NO5S. The van der Waals surface area contributed by atoms with Gasteiger partial charge in [0.1, 0.15) is 5.75 Å². The lowest BCUT2D eigenvalue weighted by Gasteiger charge is -2.09. The summed E-state index contributed by atoms with van der Waals surface area (Å²) in [5, 5.41) is 2.47. The first kappa shape index (κ1) is 20.5. The minimum absolute atomic E-state index is 0.00809. The lowest BCUT2D eigenvalue weighted by atomic mass is 10.1. The quantitative estimate of drug-likeness (QED) is 0.582. The summed E-state index contributed by atoms with van der Waals surface area (Å²) in [5.41, 5.74) is 3.05. The Labute approximate surface area is 158 Å². The summed E-state index contributed by atoms with van der Waals surface area (Å²) >= 11 is 0. The van der Waals surface area contributed by atoms with Gasteiger partial charge < -0.3 is 5.32 Å². The van der Waals surface area contributed by atoms with Crippen LogP contribution in [0.1, 0.15) is 23.1 Å². The van der Waals surface area contributed by atoms with Crippen LogP contribution in [-0.2, 0) is 24.2 Å². The molecule has 27 heavy (non-hydrogen) atoms. The molecule has 0 atom stereocenters. The molecule has 0 fully saturated rings. The number of aryl methyl sites for hydroxylation is 3. The lowest BCUT2D eigenvalue weighted by Crippen LogP contribution is -2.27. The van der Waals surface area contributed by atoms with Crippen molar-refractivity contribution in [1.29, 1.82) is 0 Å². The van der Waals surface area contributed by atoms with Gasteiger partial charge >= 0.3 is 0 Å². The van der Waals surface area contributed by atoms with Crippen LogP contribution < -0.4 is 5.32 Å². The van der Waals surface area contributed by atoms with Crippen LogP contribution in [0, 0.1) is 20.8 Å². The van der Waals surface area contributed by atoms with E-state index in [4.69, 9.17) is 0 Å². The SMILES string of the molecule is Cc1ccc(S(=O)(=O)CC(=O)CC(=O)C(=O)Nc2cc(C)ccc2C)cc1. The molecule has 0 saturated heterocycles. The van der Waals surface area contributed by atoms with Crippen molar-refractivity contribution < 1.29 is 22.8 Å². The fraction of sp³-hybridized carbons (Fsp3) is 0.250. The zero-order valence-electron chi connectivity index (χ0n) is 15.4. The number of amides is 1. The van der Waals surface area contributed by atoms with Gasteiger partial charge in [-0.1, -0.05) is 29.8 Å². The summed E-state index contributed by atoms with van der Waals surface area (Å²) in [6, 6.07) is 11.4. The van der Waals surface area contributed by atoms with Crippen molar-refractivity contribution >= 4 is 33.0 Å². The van der Waals surface area contributed by atoms with Gasteiger partial charge in [-0.2, -0.15) is 0 Å². The van der Waals surface area contributed by atoms with Crippen molar-refractivity contribution in [3.63, 3.8) is 0 Å². The minimum atomic E-state index is -3.85. The Morgan fingerprint density at radius 2 is 1.48 bits per heavy atom. The molecule has 0 unspecified atom stereocenters. The van der Waals surface area contributed by atoms with E-state index in [0.717, 1.165) is 16.7 Å². The number of ketones is 2. The minimum Gasteiger partial charge on any atom is -0.319 e. The summed E-state index contributed by atoms with van der Waals surface area (Å²) < 4.78 is 24.5. The summed E-state index contributed by atoms with van der Waals surface area (Å²) in [5.74, 6) is -3.56. The first-order valence-electron chi connectivity index (χ1n) is 8.31. The third kappa shape index (κ3) is 5.59. The van der Waals surface area contributed by atoms with Gasteiger partial charge in [-0.25, -0.2) is 8.42 Å². The number of Topliss-reactive ketones (excluding diaryl/α,β-unsaturated/α-hetero) is 2. The van der Waals surface area contributed by atoms with E-state index in [9.17, 15) is 22.8 Å².